The summed E-state index contributed by atoms with van der Waals surface area (Å²) in [6.45, 7) is 4.40. The summed E-state index contributed by atoms with van der Waals surface area (Å²) in [4.78, 5) is 9.25. The van der Waals surface area contributed by atoms with Crippen molar-refractivity contribution in [3.8, 4) is 10.4 Å². The lowest BCUT2D eigenvalue weighted by Crippen LogP contribution is -2.13. The molecule has 160 valence electrons. The van der Waals surface area contributed by atoms with Crippen LogP contribution in [0.3, 0.4) is 0 Å². The molecule has 2 aromatic heterocycles. The Kier molecular flexibility index (Phi) is 6.31. The second-order valence-electron chi connectivity index (χ2n) is 7.39. The lowest BCUT2D eigenvalue weighted by molar-refractivity contribution is 0.676. The van der Waals surface area contributed by atoms with Gasteiger partial charge in [-0.1, -0.05) is 13.0 Å². The van der Waals surface area contributed by atoms with Gasteiger partial charge in [0.2, 0.25) is 5.95 Å². The molecule has 0 saturated carbocycles. The van der Waals surface area contributed by atoms with E-state index in [0.717, 1.165) is 41.2 Å². The largest absolute Gasteiger partial charge is 0.398 e. The van der Waals surface area contributed by atoms with E-state index in [-0.39, 0.29) is 5.95 Å². The van der Waals surface area contributed by atoms with E-state index in [1.807, 2.05) is 12.1 Å². The minimum Gasteiger partial charge on any atom is -0.398 e. The molecule has 0 radical (unpaired) electrons. The van der Waals surface area contributed by atoms with E-state index in [0.29, 0.717) is 18.1 Å². The van der Waals surface area contributed by atoms with Gasteiger partial charge in [0, 0.05) is 45.8 Å². The Bertz CT molecular complexity index is 1200. The summed E-state index contributed by atoms with van der Waals surface area (Å²) in [7, 11) is 0. The molecule has 7 nitrogen and oxygen atoms in total. The fourth-order valence-electron chi connectivity index (χ4n) is 3.49. The van der Waals surface area contributed by atoms with Crippen LogP contribution in [-0.2, 0) is 13.1 Å². The molecule has 0 bridgehead atoms. The molecule has 0 amide bonds. The summed E-state index contributed by atoms with van der Waals surface area (Å²) in [6.07, 6.45) is 2.74. The number of fused-ring (bicyclic) bond motifs is 1. The van der Waals surface area contributed by atoms with Crippen LogP contribution in [0.1, 0.15) is 24.5 Å². The molecule has 0 unspecified atom stereocenters. The summed E-state index contributed by atoms with van der Waals surface area (Å²) < 4.78 is 1.23. The van der Waals surface area contributed by atoms with E-state index in [2.05, 4.69) is 51.8 Å². The molecule has 31 heavy (non-hydrogen) atoms. The van der Waals surface area contributed by atoms with Gasteiger partial charge in [-0.05, 0) is 65.9 Å². The van der Waals surface area contributed by atoms with Crippen molar-refractivity contribution in [2.45, 2.75) is 26.4 Å². The van der Waals surface area contributed by atoms with Gasteiger partial charge in [-0.25, -0.2) is 4.98 Å². The Labute approximate surface area is 185 Å². The van der Waals surface area contributed by atoms with Gasteiger partial charge >= 0.3 is 0 Å². The van der Waals surface area contributed by atoms with Crippen LogP contribution in [0.15, 0.2) is 48.7 Å². The zero-order valence-electron chi connectivity index (χ0n) is 17.5. The highest BCUT2D eigenvalue weighted by atomic mass is 32.1. The summed E-state index contributed by atoms with van der Waals surface area (Å²) in [5, 5.41) is 7.95. The lowest BCUT2D eigenvalue weighted by Gasteiger charge is -2.13. The zero-order chi connectivity index (χ0) is 21.8. The molecule has 0 fully saturated rings. The zero-order valence-corrected chi connectivity index (χ0v) is 18.3. The van der Waals surface area contributed by atoms with Gasteiger partial charge < -0.3 is 27.8 Å². The molecule has 0 aliphatic rings. The van der Waals surface area contributed by atoms with Gasteiger partial charge in [0.1, 0.15) is 5.82 Å². The molecule has 8 heteroatoms. The predicted octanol–water partition coefficient (Wildman–Crippen LogP) is 4.22. The molecule has 4 rings (SSSR count). The number of hydrogen-bond donors (Lipinski definition) is 5. The summed E-state index contributed by atoms with van der Waals surface area (Å²) >= 11 is 1.72. The van der Waals surface area contributed by atoms with E-state index in [1.54, 1.807) is 23.6 Å². The van der Waals surface area contributed by atoms with Crippen LogP contribution in [-0.4, -0.2) is 16.5 Å². The maximum absolute atomic E-state index is 6.49. The average molecular weight is 434 g/mol. The number of nitrogens with one attached hydrogen (secondary N) is 2. The topological polar surface area (TPSA) is 128 Å². The monoisotopic (exact) mass is 433 g/mol. The maximum Gasteiger partial charge on any atom is 0.221 e. The average Bonchev–Trinajstić information content (AvgIpc) is 3.18. The number of hydrogen-bond acceptors (Lipinski definition) is 8. The number of nitrogens with two attached hydrogens (primary N) is 3. The predicted molar refractivity (Wildman–Crippen MR) is 131 cm³/mol. The van der Waals surface area contributed by atoms with Gasteiger partial charge in [-0.15, -0.1) is 11.3 Å². The number of anilines is 4. The molecular formula is C23H27N7S. The molecule has 2 heterocycles. The van der Waals surface area contributed by atoms with Crippen LogP contribution >= 0.6 is 11.3 Å². The normalized spacial score (nSPS) is 11.2. The van der Waals surface area contributed by atoms with Crippen molar-refractivity contribution in [2.24, 2.45) is 5.73 Å². The van der Waals surface area contributed by atoms with Crippen molar-refractivity contribution in [2.75, 3.05) is 23.3 Å². The highest BCUT2D eigenvalue weighted by molar-refractivity contribution is 7.22. The van der Waals surface area contributed by atoms with Gasteiger partial charge in [0.25, 0.3) is 0 Å². The maximum atomic E-state index is 6.49. The van der Waals surface area contributed by atoms with Crippen LogP contribution in [0.4, 0.5) is 23.1 Å². The van der Waals surface area contributed by atoms with E-state index in [9.17, 15) is 0 Å². The number of thiophene rings is 1. The molecule has 0 saturated heterocycles. The van der Waals surface area contributed by atoms with Crippen LogP contribution in [0, 0.1) is 0 Å². The first-order valence-electron chi connectivity index (χ1n) is 10.3. The Morgan fingerprint density at radius 3 is 2.71 bits per heavy atom. The molecular weight excluding hydrogens is 406 g/mol. The first kappa shape index (κ1) is 21.0. The van der Waals surface area contributed by atoms with E-state index < -0.39 is 0 Å². The fraction of sp³-hybridized carbons (Fsp3) is 0.217. The first-order valence-corrected chi connectivity index (χ1v) is 11.1. The standard InChI is InChI=1S/C23H27N7S/c1-2-6-27-13-14-3-4-19-15(8-14)10-20(31-19)18-11-17(9-16(12-24)22(18)25)29-21-5-7-28-23(26)30-21/h3-5,7-11,27H,2,6,12-13,24-25H2,1H3,(H3,26,28,29,30). The highest BCUT2D eigenvalue weighted by Gasteiger charge is 2.13. The molecule has 0 aliphatic heterocycles. The third-order valence-electron chi connectivity index (χ3n) is 5.03. The smallest absolute Gasteiger partial charge is 0.221 e. The Morgan fingerprint density at radius 2 is 1.94 bits per heavy atom. The molecule has 0 aliphatic carbocycles. The third kappa shape index (κ3) is 4.77. The fourth-order valence-corrected chi connectivity index (χ4v) is 4.57. The number of rotatable bonds is 8. The van der Waals surface area contributed by atoms with Crippen LogP contribution in [0.2, 0.25) is 0 Å². The molecule has 0 spiro atoms. The second kappa shape index (κ2) is 9.30. The quantitative estimate of drug-likeness (QED) is 0.208. The van der Waals surface area contributed by atoms with Crippen molar-refractivity contribution in [1.82, 2.24) is 15.3 Å². The van der Waals surface area contributed by atoms with Crippen LogP contribution in [0.25, 0.3) is 20.5 Å². The Hall–Kier alpha value is -3.20. The molecule has 8 N–H and O–H groups in total. The first-order chi connectivity index (χ1) is 15.1. The van der Waals surface area contributed by atoms with Gasteiger partial charge in [0.15, 0.2) is 0 Å². The summed E-state index contributed by atoms with van der Waals surface area (Å²) in [6, 6.07) is 14.5. The minimum atomic E-state index is 0.216. The number of benzene rings is 2. The van der Waals surface area contributed by atoms with E-state index >= 15 is 0 Å². The molecule has 2 aromatic carbocycles. The van der Waals surface area contributed by atoms with Gasteiger partial charge in [-0.3, -0.25) is 0 Å². The van der Waals surface area contributed by atoms with Gasteiger partial charge in [-0.2, -0.15) is 4.98 Å². The van der Waals surface area contributed by atoms with Crippen molar-refractivity contribution in [3.63, 3.8) is 0 Å². The van der Waals surface area contributed by atoms with Crippen LogP contribution < -0.4 is 27.8 Å². The molecule has 0 atom stereocenters. The van der Waals surface area contributed by atoms with Crippen LogP contribution in [0.5, 0.6) is 0 Å². The summed E-state index contributed by atoms with van der Waals surface area (Å²) in [5.74, 6) is 0.834. The minimum absolute atomic E-state index is 0.216. The number of nitrogen functional groups attached to an aromatic ring is 2. The Balaban J connectivity index is 1.69. The van der Waals surface area contributed by atoms with Crippen molar-refractivity contribution >= 4 is 44.6 Å². The second-order valence-corrected chi connectivity index (χ2v) is 8.47. The van der Waals surface area contributed by atoms with Crippen molar-refractivity contribution in [1.29, 1.82) is 0 Å². The lowest BCUT2D eigenvalue weighted by atomic mass is 10.0. The molecule has 4 aromatic rings. The van der Waals surface area contributed by atoms with E-state index in [4.69, 9.17) is 17.2 Å². The third-order valence-corrected chi connectivity index (χ3v) is 6.18. The van der Waals surface area contributed by atoms with Gasteiger partial charge in [0.05, 0.1) is 0 Å². The highest BCUT2D eigenvalue weighted by Crippen LogP contribution is 2.39. The number of nitrogens with zero attached hydrogens (tertiary/aromatic N) is 2. The Morgan fingerprint density at radius 1 is 1.06 bits per heavy atom. The van der Waals surface area contributed by atoms with Crippen molar-refractivity contribution in [3.05, 3.63) is 59.8 Å². The summed E-state index contributed by atoms with van der Waals surface area (Å²) in [5.41, 5.74) is 22.8. The number of aromatic nitrogens is 2. The SMILES string of the molecule is CCCNCc1ccc2sc(-c3cc(Nc4ccnc(N)n4)cc(CN)c3N)cc2c1. The van der Waals surface area contributed by atoms with Crippen molar-refractivity contribution < 1.29 is 0 Å². The van der Waals surface area contributed by atoms with E-state index in [1.165, 1.54) is 15.6 Å².